The van der Waals surface area contributed by atoms with Crippen molar-refractivity contribution in [2.75, 3.05) is 0 Å². The zero-order valence-electron chi connectivity index (χ0n) is 62.4. The topological polar surface area (TPSA) is 38.7 Å². The van der Waals surface area contributed by atoms with Crippen molar-refractivity contribution in [3.05, 3.63) is 159 Å². The minimum absolute atomic E-state index is 0.0632. The summed E-state index contributed by atoms with van der Waals surface area (Å²) in [6.45, 7) is 21.0. The van der Waals surface area contributed by atoms with Gasteiger partial charge in [-0.1, -0.05) is 380 Å². The van der Waals surface area contributed by atoms with E-state index in [1.54, 1.807) is 16.7 Å². The molecule has 96 heavy (non-hydrogen) atoms. The summed E-state index contributed by atoms with van der Waals surface area (Å²) in [6, 6.07) is 44.6. The standard InChI is InChI=1S/C93H129N3/c1-10-16-22-28-34-40-58-91(59-41-35-29-23-17-11-2)82-64-70(7)46-52-76(82)79-55-49-73(67-85(79)91)88-94-89(74-50-56-80-77-53-47-71(8)65-83(77)92(86(80)68-74,60-42-36-30-24-18-12-3)61-43-37-31-25-19-13-4)96-90(95-88)75-51-57-81-78-54-48-72(9)66-84(78)93(87(81)69-75,62-44-38-32-26-20-14-5)63-45-39-33-27-21-15-6/h46-57,64-69H,10-45,58-63H2,1-9H3. The van der Waals surface area contributed by atoms with Crippen LogP contribution in [0.3, 0.4) is 0 Å². The highest BCUT2D eigenvalue weighted by molar-refractivity contribution is 5.87. The molecule has 3 heteroatoms. The third-order valence-corrected chi connectivity index (χ3v) is 23.7. The summed E-state index contributed by atoms with van der Waals surface area (Å²) in [5.41, 5.74) is 25.1. The number of aryl methyl sites for hydroxylation is 3. The summed E-state index contributed by atoms with van der Waals surface area (Å²) >= 11 is 0. The first-order valence-corrected chi connectivity index (χ1v) is 40.6. The van der Waals surface area contributed by atoms with Gasteiger partial charge in [-0.15, -0.1) is 0 Å². The Morgan fingerprint density at radius 1 is 0.208 bits per heavy atom. The molecule has 0 amide bonds. The maximum absolute atomic E-state index is 5.85. The van der Waals surface area contributed by atoms with Crippen LogP contribution in [0.15, 0.2) is 109 Å². The largest absolute Gasteiger partial charge is 0.208 e. The molecule has 0 saturated carbocycles. The van der Waals surface area contributed by atoms with Crippen LogP contribution in [0.25, 0.3) is 67.5 Å². The van der Waals surface area contributed by atoms with Crippen molar-refractivity contribution in [1.82, 2.24) is 15.0 Å². The van der Waals surface area contributed by atoms with Crippen LogP contribution in [0.2, 0.25) is 0 Å². The minimum Gasteiger partial charge on any atom is -0.208 e. The van der Waals surface area contributed by atoms with Crippen molar-refractivity contribution in [3.8, 4) is 67.5 Å². The van der Waals surface area contributed by atoms with Crippen LogP contribution in [-0.4, -0.2) is 15.0 Å². The van der Waals surface area contributed by atoms with Crippen molar-refractivity contribution < 1.29 is 0 Å². The van der Waals surface area contributed by atoms with Gasteiger partial charge in [-0.05, 0) is 144 Å². The molecule has 0 unspecified atom stereocenters. The molecule has 516 valence electrons. The van der Waals surface area contributed by atoms with Crippen molar-refractivity contribution in [3.63, 3.8) is 0 Å². The molecule has 1 aromatic heterocycles. The van der Waals surface area contributed by atoms with E-state index in [1.165, 1.54) is 336 Å². The van der Waals surface area contributed by atoms with Gasteiger partial charge in [0.15, 0.2) is 17.5 Å². The van der Waals surface area contributed by atoms with E-state index in [1.807, 2.05) is 0 Å². The lowest BCUT2D eigenvalue weighted by atomic mass is 9.70. The summed E-state index contributed by atoms with van der Waals surface area (Å²) in [5.74, 6) is 2.40. The highest BCUT2D eigenvalue weighted by Crippen LogP contribution is 2.59. The number of hydrogen-bond donors (Lipinski definition) is 0. The maximum atomic E-state index is 5.85. The summed E-state index contributed by atoms with van der Waals surface area (Å²) in [6.07, 6.45) is 54.1. The predicted octanol–water partition coefficient (Wildman–Crippen LogP) is 29.1. The number of hydrogen-bond acceptors (Lipinski definition) is 3. The van der Waals surface area contributed by atoms with E-state index in [4.69, 9.17) is 15.0 Å². The van der Waals surface area contributed by atoms with Crippen LogP contribution in [-0.2, 0) is 16.2 Å². The van der Waals surface area contributed by atoms with Gasteiger partial charge in [0.25, 0.3) is 0 Å². The van der Waals surface area contributed by atoms with Crippen LogP contribution in [0.5, 0.6) is 0 Å². The Morgan fingerprint density at radius 2 is 0.385 bits per heavy atom. The van der Waals surface area contributed by atoms with Gasteiger partial charge in [0.1, 0.15) is 0 Å². The minimum atomic E-state index is -0.0632. The molecule has 0 saturated heterocycles. The number of benzene rings is 6. The van der Waals surface area contributed by atoms with Gasteiger partial charge < -0.3 is 0 Å². The molecule has 3 aliphatic carbocycles. The van der Waals surface area contributed by atoms with Crippen LogP contribution >= 0.6 is 0 Å². The van der Waals surface area contributed by atoms with E-state index in [0.717, 1.165) is 34.2 Å². The summed E-state index contributed by atoms with van der Waals surface area (Å²) in [7, 11) is 0. The normalized spacial score (nSPS) is 14.2. The van der Waals surface area contributed by atoms with Crippen molar-refractivity contribution in [2.45, 2.75) is 348 Å². The van der Waals surface area contributed by atoms with E-state index < -0.39 is 0 Å². The average Bonchev–Trinajstić information content (AvgIpc) is 1.71. The van der Waals surface area contributed by atoms with Gasteiger partial charge >= 0.3 is 0 Å². The molecule has 7 aromatic rings. The molecule has 3 nitrogen and oxygen atoms in total. The second-order valence-corrected chi connectivity index (χ2v) is 31.1. The number of fused-ring (bicyclic) bond motifs is 9. The summed E-state index contributed by atoms with van der Waals surface area (Å²) in [4.78, 5) is 17.6. The molecular formula is C93H129N3. The molecule has 0 radical (unpaired) electrons. The molecule has 0 aliphatic heterocycles. The monoisotopic (exact) mass is 1290 g/mol. The second kappa shape index (κ2) is 36.4. The fraction of sp³-hybridized carbons (Fsp3) is 0.581. The molecule has 10 rings (SSSR count). The highest BCUT2D eigenvalue weighted by Gasteiger charge is 2.46. The van der Waals surface area contributed by atoms with Gasteiger partial charge in [-0.25, -0.2) is 15.0 Å². The molecule has 0 N–H and O–H groups in total. The van der Waals surface area contributed by atoms with Gasteiger partial charge in [-0.3, -0.25) is 0 Å². The van der Waals surface area contributed by atoms with E-state index in [2.05, 4.69) is 172 Å². The van der Waals surface area contributed by atoms with E-state index in [9.17, 15) is 0 Å². The summed E-state index contributed by atoms with van der Waals surface area (Å²) < 4.78 is 0. The van der Waals surface area contributed by atoms with E-state index in [0.29, 0.717) is 0 Å². The Bertz CT molecular complexity index is 3130. The first-order valence-electron chi connectivity index (χ1n) is 40.6. The van der Waals surface area contributed by atoms with Gasteiger partial charge in [0.05, 0.1) is 0 Å². The smallest absolute Gasteiger partial charge is 0.164 e. The molecule has 0 atom stereocenters. The van der Waals surface area contributed by atoms with Crippen molar-refractivity contribution >= 4 is 0 Å². The lowest BCUT2D eigenvalue weighted by Gasteiger charge is -2.33. The van der Waals surface area contributed by atoms with Crippen LogP contribution < -0.4 is 0 Å². The first-order chi connectivity index (χ1) is 47.1. The number of rotatable bonds is 45. The van der Waals surface area contributed by atoms with Gasteiger partial charge in [0, 0.05) is 32.9 Å². The number of nitrogens with zero attached hydrogens (tertiary/aromatic N) is 3. The van der Waals surface area contributed by atoms with Gasteiger partial charge in [-0.2, -0.15) is 0 Å². The Kier molecular flexibility index (Phi) is 27.7. The zero-order chi connectivity index (χ0) is 67.2. The maximum Gasteiger partial charge on any atom is 0.164 e. The Labute approximate surface area is 586 Å². The van der Waals surface area contributed by atoms with Crippen LogP contribution in [0, 0.1) is 20.8 Å². The molecule has 3 aliphatic rings. The third kappa shape index (κ3) is 17.1. The molecule has 1 heterocycles. The summed E-state index contributed by atoms with van der Waals surface area (Å²) in [5, 5.41) is 0. The SMILES string of the molecule is CCCCCCCCC1(CCCCCCCC)c2cc(C)ccc2-c2ccc(-c3nc(-c4ccc5c(c4)C(CCCCCCCC)(CCCCCCCC)c4cc(C)ccc4-5)nc(-c4ccc5c(c4)C(CCCCCCCC)(CCCCCCCC)c4cc(C)ccc4-5)n3)cc21. The first kappa shape index (κ1) is 73.1. The zero-order valence-corrected chi connectivity index (χ0v) is 62.4. The van der Waals surface area contributed by atoms with E-state index in [-0.39, 0.29) is 16.2 Å². The molecule has 0 spiro atoms. The Morgan fingerprint density at radius 3 is 0.594 bits per heavy atom. The van der Waals surface area contributed by atoms with E-state index >= 15 is 0 Å². The lowest BCUT2D eigenvalue weighted by Crippen LogP contribution is -2.26. The van der Waals surface area contributed by atoms with Crippen LogP contribution in [0.4, 0.5) is 0 Å². The van der Waals surface area contributed by atoms with Gasteiger partial charge in [0.2, 0.25) is 0 Å². The fourth-order valence-corrected chi connectivity index (χ4v) is 18.2. The lowest BCUT2D eigenvalue weighted by molar-refractivity contribution is 0.398. The second-order valence-electron chi connectivity index (χ2n) is 31.1. The fourth-order valence-electron chi connectivity index (χ4n) is 18.2. The quantitative estimate of drug-likeness (QED) is 0.0357. The third-order valence-electron chi connectivity index (χ3n) is 23.7. The highest BCUT2D eigenvalue weighted by atomic mass is 15.0. The van der Waals surface area contributed by atoms with Crippen molar-refractivity contribution in [2.24, 2.45) is 0 Å². The number of aromatic nitrogens is 3. The molecule has 0 fully saturated rings. The Hall–Kier alpha value is -5.67. The predicted molar refractivity (Wildman–Crippen MR) is 417 cm³/mol. The average molecular weight is 1290 g/mol. The molecule has 6 aromatic carbocycles. The number of unbranched alkanes of at least 4 members (excludes halogenated alkanes) is 30. The van der Waals surface area contributed by atoms with Crippen LogP contribution in [0.1, 0.15) is 361 Å². The molecular weight excluding hydrogens is 1160 g/mol. The molecule has 0 bridgehead atoms. The Balaban J connectivity index is 1.15. The van der Waals surface area contributed by atoms with Crippen molar-refractivity contribution in [1.29, 1.82) is 0 Å².